The third-order valence-corrected chi connectivity index (χ3v) is 10.6. The van der Waals surface area contributed by atoms with E-state index >= 15 is 0 Å². The van der Waals surface area contributed by atoms with Crippen LogP contribution in [0.1, 0.15) is 115 Å². The Hall–Kier alpha value is -5.93. The smallest absolute Gasteiger partial charge is 0.410 e. The molecule has 18 nitrogen and oxygen atoms in total. The molecule has 0 fully saturated rings. The van der Waals surface area contributed by atoms with E-state index in [0.29, 0.717) is 42.8 Å². The lowest BCUT2D eigenvalue weighted by Gasteiger charge is -2.28. The monoisotopic (exact) mass is 935 g/mol. The Bertz CT molecular complexity index is 2490. The van der Waals surface area contributed by atoms with Crippen LogP contribution in [-0.4, -0.2) is 81.9 Å². The number of hydrogen-bond acceptors (Lipinski definition) is 12. The number of fused-ring (bicyclic) bond motifs is 2. The fourth-order valence-electron chi connectivity index (χ4n) is 7.02. The van der Waals surface area contributed by atoms with Gasteiger partial charge >= 0.3 is 27.9 Å². The quantitative estimate of drug-likeness (QED) is 0.105. The molecule has 22 heteroatoms. The highest BCUT2D eigenvalue weighted by Gasteiger charge is 2.42. The lowest BCUT2D eigenvalue weighted by molar-refractivity contribution is -0.710. The molecule has 4 aromatic rings. The average molecular weight is 936 g/mol. The summed E-state index contributed by atoms with van der Waals surface area (Å²) in [4.78, 5) is 60.9. The molecular formula is C42H54ClF2N8O10S+. The molecule has 0 saturated carbocycles. The third kappa shape index (κ3) is 13.1. The van der Waals surface area contributed by atoms with Gasteiger partial charge in [-0.3, -0.25) is 23.9 Å². The number of carbonyl (C=O) groups is 3. The molecule has 0 aliphatic carbocycles. The van der Waals surface area contributed by atoms with E-state index in [1.54, 1.807) is 32.9 Å². The summed E-state index contributed by atoms with van der Waals surface area (Å²) in [6.07, 6.45) is 4.48. The third-order valence-electron chi connectivity index (χ3n) is 10.2. The Morgan fingerprint density at radius 1 is 0.891 bits per heavy atom. The van der Waals surface area contributed by atoms with Crippen LogP contribution in [0.15, 0.2) is 53.3 Å². The molecule has 0 saturated heterocycles. The van der Waals surface area contributed by atoms with Crippen molar-refractivity contribution in [2.24, 2.45) is 0 Å². The van der Waals surface area contributed by atoms with Crippen molar-refractivity contribution in [3.05, 3.63) is 105 Å². The van der Waals surface area contributed by atoms with E-state index in [0.717, 1.165) is 25.5 Å². The molecule has 0 radical (unpaired) electrons. The average Bonchev–Trinajstić information content (AvgIpc) is 3.57. The van der Waals surface area contributed by atoms with E-state index in [-0.39, 0.29) is 55.4 Å². The zero-order valence-corrected chi connectivity index (χ0v) is 37.9. The first-order valence-corrected chi connectivity index (χ1v) is 22.2. The summed E-state index contributed by atoms with van der Waals surface area (Å²) < 4.78 is 63.6. The minimum atomic E-state index is -4.11. The zero-order chi connectivity index (χ0) is 46.2. The van der Waals surface area contributed by atoms with Crippen molar-refractivity contribution in [2.75, 3.05) is 20.4 Å². The predicted octanol–water partition coefficient (Wildman–Crippen LogP) is 0.0143. The van der Waals surface area contributed by atoms with Gasteiger partial charge < -0.3 is 47.5 Å². The number of benzene rings is 2. The van der Waals surface area contributed by atoms with Crippen LogP contribution in [0, 0.1) is 11.6 Å². The number of carbonyl (C=O) groups excluding carboxylic acids is 3. The van der Waals surface area contributed by atoms with Crippen LogP contribution in [0.2, 0.25) is 0 Å². The first-order valence-electron chi connectivity index (χ1n) is 20.4. The maximum Gasteiger partial charge on any atom is 0.410 e. The minimum Gasteiger partial charge on any atom is -1.00 e. The Labute approximate surface area is 375 Å². The minimum absolute atomic E-state index is 0. The van der Waals surface area contributed by atoms with Gasteiger partial charge in [-0.2, -0.15) is 13.0 Å². The van der Waals surface area contributed by atoms with Crippen LogP contribution in [0.5, 0.6) is 17.4 Å². The summed E-state index contributed by atoms with van der Waals surface area (Å²) >= 11 is 0. The SMILES string of the molecule is CN(C(=O)OC(C)(C)C)C1CCCC[n+]2c1nc(C(=O)NCc1ccc(F)cc1)c(O)c2OS(C)(=O)=O.C[NH2+]C1CCCCn2c1nc(C(=O)NCc1ccc(F)cc1)c(O)c2=O.[Cl-]. The topological polar surface area (TPSA) is 240 Å². The predicted molar refractivity (Wildman–Crippen MR) is 222 cm³/mol. The Kier molecular flexibility index (Phi) is 17.1. The van der Waals surface area contributed by atoms with Crippen LogP contribution < -0.4 is 42.7 Å². The van der Waals surface area contributed by atoms with E-state index < -0.39 is 74.1 Å². The standard InChI is InChI=1S/C24H31FN4O7S.C18H21FN4O3.ClH/c1-24(2,3)35-23(32)28(4)17-8-6-7-13-29-20(17)27-18(19(30)22(29)36-37(5,33)34)21(31)26-14-15-9-11-16(25)12-10-15;1-20-13-4-2-3-9-23-16(13)22-14(15(24)18(23)26)17(25)21-10-11-5-7-12(19)8-6-11;/h9-12,17H,6-8,13-14H2,1-5H3,(H-,26,30,31);5-8,13,20,24H,2-4,9-10H2,1H3,(H,21,25);1H/p+1. The van der Waals surface area contributed by atoms with E-state index in [4.69, 9.17) is 8.92 Å². The summed E-state index contributed by atoms with van der Waals surface area (Å²) in [6, 6.07) is 10.4. The summed E-state index contributed by atoms with van der Waals surface area (Å²) in [5.41, 5.74) is -0.798. The normalized spacial score (nSPS) is 15.9. The number of nitrogens with one attached hydrogen (secondary N) is 2. The number of amides is 3. The van der Waals surface area contributed by atoms with Gasteiger partial charge in [0, 0.05) is 33.1 Å². The summed E-state index contributed by atoms with van der Waals surface area (Å²) in [6.45, 7) is 6.04. The second-order valence-electron chi connectivity index (χ2n) is 16.2. The highest BCUT2D eigenvalue weighted by molar-refractivity contribution is 7.86. The first kappa shape index (κ1) is 50.7. The maximum absolute atomic E-state index is 13.2. The molecule has 64 heavy (non-hydrogen) atoms. The molecule has 2 unspecified atom stereocenters. The Morgan fingerprint density at radius 2 is 1.42 bits per heavy atom. The fraction of sp³-hybridized carbons (Fsp3) is 0.452. The van der Waals surface area contributed by atoms with Crippen molar-refractivity contribution in [3.8, 4) is 17.4 Å². The number of nitrogens with two attached hydrogens (primary N) is 1. The second-order valence-corrected chi connectivity index (χ2v) is 17.8. The molecule has 0 bridgehead atoms. The summed E-state index contributed by atoms with van der Waals surface area (Å²) in [7, 11) is -0.687. The molecule has 6 N–H and O–H groups in total. The number of halogens is 3. The molecule has 2 aromatic heterocycles. The number of aromatic hydroxyl groups is 2. The lowest BCUT2D eigenvalue weighted by atomic mass is 10.1. The molecule has 348 valence electrons. The van der Waals surface area contributed by atoms with Gasteiger partial charge in [0.15, 0.2) is 11.5 Å². The highest BCUT2D eigenvalue weighted by Crippen LogP contribution is 2.33. The van der Waals surface area contributed by atoms with E-state index in [1.165, 1.54) is 57.5 Å². The number of rotatable bonds is 10. The number of nitrogens with zero attached hydrogens (tertiary/aromatic N) is 5. The number of ether oxygens (including phenoxy) is 1. The Morgan fingerprint density at radius 3 is 1.94 bits per heavy atom. The molecule has 2 aromatic carbocycles. The molecule has 2 atom stereocenters. The van der Waals surface area contributed by atoms with E-state index in [9.17, 15) is 46.6 Å². The number of hydrogen-bond donors (Lipinski definition) is 5. The van der Waals surface area contributed by atoms with Gasteiger partial charge in [-0.25, -0.2) is 18.6 Å². The van der Waals surface area contributed by atoms with E-state index in [2.05, 4.69) is 20.6 Å². The van der Waals surface area contributed by atoms with Crippen LogP contribution in [0.4, 0.5) is 13.6 Å². The van der Waals surface area contributed by atoms with Gasteiger partial charge in [0.25, 0.3) is 28.8 Å². The number of aromatic nitrogens is 4. The van der Waals surface area contributed by atoms with Crippen LogP contribution in [-0.2, 0) is 41.0 Å². The highest BCUT2D eigenvalue weighted by atomic mass is 35.5. The fourth-order valence-corrected chi connectivity index (χ4v) is 7.47. The van der Waals surface area contributed by atoms with Gasteiger partial charge in [-0.15, -0.1) is 0 Å². The van der Waals surface area contributed by atoms with Crippen LogP contribution >= 0.6 is 0 Å². The Balaban J connectivity index is 0.000000292. The zero-order valence-electron chi connectivity index (χ0n) is 36.4. The largest absolute Gasteiger partial charge is 1.00 e. The molecule has 2 aliphatic heterocycles. The maximum atomic E-state index is 13.2. The summed E-state index contributed by atoms with van der Waals surface area (Å²) in [5, 5.41) is 28.3. The molecule has 0 spiro atoms. The van der Waals surface area contributed by atoms with Gasteiger partial charge in [0.2, 0.25) is 5.75 Å². The number of quaternary nitrogens is 1. The van der Waals surface area contributed by atoms with Crippen molar-refractivity contribution in [1.29, 1.82) is 0 Å². The molecule has 3 amide bonds. The van der Waals surface area contributed by atoms with E-state index in [1.807, 2.05) is 12.4 Å². The molecule has 2 aliphatic rings. The van der Waals surface area contributed by atoms with Crippen LogP contribution in [0.25, 0.3) is 0 Å². The van der Waals surface area contributed by atoms with Crippen LogP contribution in [0.3, 0.4) is 0 Å². The van der Waals surface area contributed by atoms with Crippen molar-refractivity contribution < 1.29 is 73.0 Å². The van der Waals surface area contributed by atoms with Gasteiger partial charge in [-0.1, -0.05) is 24.3 Å². The first-order chi connectivity index (χ1) is 29.7. The van der Waals surface area contributed by atoms with Crippen molar-refractivity contribution >= 4 is 28.0 Å². The van der Waals surface area contributed by atoms with Gasteiger partial charge in [-0.05, 0) is 93.3 Å². The van der Waals surface area contributed by atoms with Gasteiger partial charge in [0.05, 0.1) is 19.8 Å². The van der Waals surface area contributed by atoms with Crippen molar-refractivity contribution in [2.45, 2.75) is 103 Å². The molecule has 4 heterocycles. The molecular weight excluding hydrogens is 882 g/mol. The van der Waals surface area contributed by atoms with Gasteiger partial charge in [0.1, 0.15) is 29.3 Å². The second kappa shape index (κ2) is 21.6. The van der Waals surface area contributed by atoms with Crippen molar-refractivity contribution in [1.82, 2.24) is 30.1 Å². The summed E-state index contributed by atoms with van der Waals surface area (Å²) in [5.74, 6) is -3.43. The molecule has 6 rings (SSSR count). The van der Waals surface area contributed by atoms with Crippen molar-refractivity contribution in [3.63, 3.8) is 0 Å². The lowest BCUT2D eigenvalue weighted by Crippen LogP contribution is -3.00.